The van der Waals surface area contributed by atoms with E-state index in [0.29, 0.717) is 5.69 Å². The highest BCUT2D eigenvalue weighted by molar-refractivity contribution is 7.92. The number of ether oxygens (including phenoxy) is 1. The van der Waals surface area contributed by atoms with Gasteiger partial charge in [0.15, 0.2) is 0 Å². The van der Waals surface area contributed by atoms with Crippen LogP contribution in [0.25, 0.3) is 0 Å². The maximum Gasteiger partial charge on any atom is 0.339 e. The van der Waals surface area contributed by atoms with Crippen LogP contribution in [-0.2, 0) is 14.8 Å². The number of esters is 1. The minimum absolute atomic E-state index is 0.0281. The second-order valence-electron chi connectivity index (χ2n) is 4.40. The van der Waals surface area contributed by atoms with Crippen LogP contribution in [-0.4, -0.2) is 33.0 Å². The number of para-hydroxylation sites is 1. The number of nitrogens with zero attached hydrogens (tertiary/aromatic N) is 2. The highest BCUT2D eigenvalue weighted by atomic mass is 32.2. The smallest absolute Gasteiger partial charge is 0.339 e. The van der Waals surface area contributed by atoms with Gasteiger partial charge in [-0.3, -0.25) is 9.29 Å². The number of pyridine rings is 1. The molecule has 1 aromatic carbocycles. The average Bonchev–Trinajstić information content (AvgIpc) is 2.55. The van der Waals surface area contributed by atoms with Crippen LogP contribution in [0.3, 0.4) is 0 Å². The lowest BCUT2D eigenvalue weighted by molar-refractivity contribution is 0.0521. The Morgan fingerprint density at radius 1 is 1.23 bits per heavy atom. The highest BCUT2D eigenvalue weighted by Gasteiger charge is 2.27. The molecule has 0 N–H and O–H groups in total. The van der Waals surface area contributed by atoms with Gasteiger partial charge >= 0.3 is 5.97 Å². The molecule has 0 aliphatic carbocycles. The quantitative estimate of drug-likeness (QED) is 0.788. The normalized spacial score (nSPS) is 11.0. The number of carbonyl (C=O) groups excluding carboxylic acids is 1. The van der Waals surface area contributed by atoms with Crippen LogP contribution in [0, 0.1) is 0 Å². The second-order valence-corrected chi connectivity index (χ2v) is 6.34. The van der Waals surface area contributed by atoms with E-state index in [4.69, 9.17) is 4.74 Å². The molecule has 0 spiro atoms. The van der Waals surface area contributed by atoms with E-state index < -0.39 is 16.0 Å². The summed E-state index contributed by atoms with van der Waals surface area (Å²) in [6.07, 6.45) is 2.51. The van der Waals surface area contributed by atoms with Crippen LogP contribution >= 0.6 is 0 Å². The Bertz CT molecular complexity index is 760. The van der Waals surface area contributed by atoms with Crippen molar-refractivity contribution in [3.8, 4) is 0 Å². The van der Waals surface area contributed by atoms with E-state index in [1.165, 1.54) is 19.3 Å². The van der Waals surface area contributed by atoms with E-state index >= 15 is 0 Å². The third-order valence-electron chi connectivity index (χ3n) is 3.04. The van der Waals surface area contributed by atoms with Crippen molar-refractivity contribution in [2.45, 2.75) is 11.8 Å². The molecule has 0 saturated heterocycles. The van der Waals surface area contributed by atoms with Gasteiger partial charge in [0.2, 0.25) is 0 Å². The standard InChI is InChI=1S/C15H16N2O4S/c1-3-21-15(18)13-9-10-16-11-14(13)22(19,20)17(2)12-7-5-4-6-8-12/h4-11H,3H2,1-2H3. The van der Waals surface area contributed by atoms with Gasteiger partial charge < -0.3 is 4.74 Å². The number of hydrogen-bond acceptors (Lipinski definition) is 5. The fraction of sp³-hybridized carbons (Fsp3) is 0.200. The Balaban J connectivity index is 2.49. The summed E-state index contributed by atoms with van der Waals surface area (Å²) in [6, 6.07) is 9.92. The number of carbonyl (C=O) groups is 1. The lowest BCUT2D eigenvalue weighted by Gasteiger charge is -2.20. The van der Waals surface area contributed by atoms with Crippen LogP contribution in [0.1, 0.15) is 17.3 Å². The minimum Gasteiger partial charge on any atom is -0.462 e. The van der Waals surface area contributed by atoms with Gasteiger partial charge in [0.05, 0.1) is 17.9 Å². The third-order valence-corrected chi connectivity index (χ3v) is 4.85. The SMILES string of the molecule is CCOC(=O)c1ccncc1S(=O)(=O)N(C)c1ccccc1. The summed E-state index contributed by atoms with van der Waals surface area (Å²) in [4.78, 5) is 15.6. The molecular weight excluding hydrogens is 304 g/mol. The predicted octanol–water partition coefficient (Wildman–Crippen LogP) is 2.08. The molecule has 0 saturated carbocycles. The van der Waals surface area contributed by atoms with Crippen LogP contribution < -0.4 is 4.31 Å². The molecule has 0 bridgehead atoms. The predicted molar refractivity (Wildman–Crippen MR) is 82.2 cm³/mol. The molecule has 0 atom stereocenters. The van der Waals surface area contributed by atoms with Crippen molar-refractivity contribution in [2.75, 3.05) is 18.0 Å². The van der Waals surface area contributed by atoms with Crippen molar-refractivity contribution in [3.05, 3.63) is 54.4 Å². The van der Waals surface area contributed by atoms with Gasteiger partial charge in [-0.05, 0) is 25.1 Å². The van der Waals surface area contributed by atoms with E-state index in [-0.39, 0.29) is 17.1 Å². The Hall–Kier alpha value is -2.41. The van der Waals surface area contributed by atoms with Crippen molar-refractivity contribution in [3.63, 3.8) is 0 Å². The Morgan fingerprint density at radius 2 is 1.91 bits per heavy atom. The van der Waals surface area contributed by atoms with Gasteiger partial charge in [0.1, 0.15) is 4.90 Å². The first kappa shape index (κ1) is 16.0. The molecule has 7 heteroatoms. The topological polar surface area (TPSA) is 76.6 Å². The lowest BCUT2D eigenvalue weighted by atomic mass is 10.3. The van der Waals surface area contributed by atoms with E-state index in [0.717, 1.165) is 10.5 Å². The van der Waals surface area contributed by atoms with E-state index in [2.05, 4.69) is 4.98 Å². The van der Waals surface area contributed by atoms with Crippen LogP contribution in [0.4, 0.5) is 5.69 Å². The Kier molecular flexibility index (Phi) is 4.77. The molecular formula is C15H16N2O4S. The molecule has 2 rings (SSSR count). The van der Waals surface area contributed by atoms with Crippen molar-refractivity contribution in [2.24, 2.45) is 0 Å². The summed E-state index contributed by atoms with van der Waals surface area (Å²) in [5, 5.41) is 0. The summed E-state index contributed by atoms with van der Waals surface area (Å²) in [7, 11) is -2.49. The van der Waals surface area contributed by atoms with Gasteiger partial charge in [0.25, 0.3) is 10.0 Å². The molecule has 0 fully saturated rings. The fourth-order valence-electron chi connectivity index (χ4n) is 1.89. The summed E-state index contributed by atoms with van der Waals surface area (Å²) in [5.74, 6) is -0.690. The van der Waals surface area contributed by atoms with Crippen molar-refractivity contribution in [1.82, 2.24) is 4.98 Å². The van der Waals surface area contributed by atoms with Gasteiger partial charge in [-0.25, -0.2) is 13.2 Å². The van der Waals surface area contributed by atoms with E-state index in [9.17, 15) is 13.2 Å². The first-order valence-electron chi connectivity index (χ1n) is 6.63. The molecule has 0 radical (unpaired) electrons. The number of benzene rings is 1. The molecule has 1 heterocycles. The van der Waals surface area contributed by atoms with Crippen molar-refractivity contribution >= 4 is 21.7 Å². The third kappa shape index (κ3) is 3.09. The summed E-state index contributed by atoms with van der Waals surface area (Å²) in [5.41, 5.74) is 0.459. The minimum atomic E-state index is -3.92. The summed E-state index contributed by atoms with van der Waals surface area (Å²) in [6.45, 7) is 1.82. The number of aromatic nitrogens is 1. The monoisotopic (exact) mass is 320 g/mol. The molecule has 2 aromatic rings. The number of rotatable bonds is 5. The Morgan fingerprint density at radius 3 is 2.55 bits per heavy atom. The van der Waals surface area contributed by atoms with Gasteiger partial charge in [0, 0.05) is 19.4 Å². The van der Waals surface area contributed by atoms with E-state index in [1.807, 2.05) is 0 Å². The first-order chi connectivity index (χ1) is 10.5. The lowest BCUT2D eigenvalue weighted by Crippen LogP contribution is -2.28. The molecule has 22 heavy (non-hydrogen) atoms. The van der Waals surface area contributed by atoms with E-state index in [1.54, 1.807) is 37.3 Å². The van der Waals surface area contributed by atoms with Crippen molar-refractivity contribution < 1.29 is 17.9 Å². The molecule has 0 aliphatic heterocycles. The maximum atomic E-state index is 12.7. The molecule has 0 unspecified atom stereocenters. The summed E-state index contributed by atoms with van der Waals surface area (Å²) < 4.78 is 31.5. The molecule has 1 aromatic heterocycles. The number of anilines is 1. The zero-order valence-corrected chi connectivity index (χ0v) is 13.1. The summed E-state index contributed by atoms with van der Waals surface area (Å²) >= 11 is 0. The molecule has 116 valence electrons. The fourth-order valence-corrected chi connectivity index (χ4v) is 3.20. The van der Waals surface area contributed by atoms with Crippen molar-refractivity contribution in [1.29, 1.82) is 0 Å². The molecule has 0 aliphatic rings. The van der Waals surface area contributed by atoms with Crippen LogP contribution in [0.15, 0.2) is 53.7 Å². The molecule has 6 nitrogen and oxygen atoms in total. The average molecular weight is 320 g/mol. The van der Waals surface area contributed by atoms with Crippen LogP contribution in [0.5, 0.6) is 0 Å². The Labute approximate surface area is 129 Å². The molecule has 0 amide bonds. The van der Waals surface area contributed by atoms with Gasteiger partial charge in [-0.15, -0.1) is 0 Å². The number of sulfonamides is 1. The van der Waals surface area contributed by atoms with Gasteiger partial charge in [-0.1, -0.05) is 18.2 Å². The zero-order valence-electron chi connectivity index (χ0n) is 12.3. The second kappa shape index (κ2) is 6.57. The van der Waals surface area contributed by atoms with Crippen LogP contribution in [0.2, 0.25) is 0 Å². The first-order valence-corrected chi connectivity index (χ1v) is 8.07. The largest absolute Gasteiger partial charge is 0.462 e. The number of hydrogen-bond donors (Lipinski definition) is 0. The highest BCUT2D eigenvalue weighted by Crippen LogP contribution is 2.24. The zero-order chi connectivity index (χ0) is 16.2. The maximum absolute atomic E-state index is 12.7. The van der Waals surface area contributed by atoms with Gasteiger partial charge in [-0.2, -0.15) is 0 Å².